The van der Waals surface area contributed by atoms with Gasteiger partial charge in [-0.05, 0) is 23.8 Å². The molecule has 1 saturated heterocycles. The second-order valence-electron chi connectivity index (χ2n) is 6.64. The molecule has 0 aromatic heterocycles. The first-order valence-electron chi connectivity index (χ1n) is 9.20. The molecule has 1 amide bonds. The quantitative estimate of drug-likeness (QED) is 0.781. The van der Waals surface area contributed by atoms with Crippen LogP contribution in [-0.4, -0.2) is 49.0 Å². The van der Waals surface area contributed by atoms with E-state index in [1.165, 1.54) is 12.1 Å². The Kier molecular flexibility index (Phi) is 6.60. The van der Waals surface area contributed by atoms with Gasteiger partial charge in [-0.2, -0.15) is 0 Å². The van der Waals surface area contributed by atoms with Crippen LogP contribution in [0.4, 0.5) is 4.39 Å². The summed E-state index contributed by atoms with van der Waals surface area (Å²) in [5.74, 6) is 0.703. The van der Waals surface area contributed by atoms with E-state index in [4.69, 9.17) is 4.74 Å². The van der Waals surface area contributed by atoms with Gasteiger partial charge in [-0.15, -0.1) is 0 Å². The maximum absolute atomic E-state index is 13.4. The number of amides is 1. The minimum atomic E-state index is -0.266. The first-order valence-corrected chi connectivity index (χ1v) is 9.20. The molecule has 1 aliphatic rings. The van der Waals surface area contributed by atoms with Crippen molar-refractivity contribution in [2.24, 2.45) is 0 Å². The average molecular weight is 368 g/mol. The molecule has 3 rings (SSSR count). The molecule has 5 heteroatoms. The average Bonchev–Trinajstić information content (AvgIpc) is 2.84. The lowest BCUT2D eigenvalue weighted by atomic mass is 10.2. The molecule has 2 aromatic rings. The second kappa shape index (κ2) is 9.33. The van der Waals surface area contributed by atoms with Crippen LogP contribution < -0.4 is 4.74 Å². The molecule has 0 bridgehead atoms. The predicted octanol–water partition coefficient (Wildman–Crippen LogP) is 3.58. The maximum Gasteiger partial charge on any atom is 0.224 e. The second-order valence-corrected chi connectivity index (χ2v) is 6.64. The normalized spacial score (nSPS) is 15.9. The van der Waals surface area contributed by atoms with Crippen LogP contribution >= 0.6 is 0 Å². The summed E-state index contributed by atoms with van der Waals surface area (Å²) in [5, 5.41) is 0. The molecule has 0 radical (unpaired) electrons. The number of carbonyl (C=O) groups excluding carboxylic acids is 1. The van der Waals surface area contributed by atoms with E-state index in [2.05, 4.69) is 17.1 Å². The highest BCUT2D eigenvalue weighted by Crippen LogP contribution is 2.18. The fraction of sp³-hybridized carbons (Fsp3) is 0.318. The van der Waals surface area contributed by atoms with Crippen LogP contribution in [0.5, 0.6) is 5.75 Å². The molecule has 0 atom stereocenters. The van der Waals surface area contributed by atoms with E-state index in [1.807, 2.05) is 35.2 Å². The van der Waals surface area contributed by atoms with E-state index in [0.717, 1.165) is 36.5 Å². The van der Waals surface area contributed by atoms with E-state index in [0.29, 0.717) is 19.5 Å². The van der Waals surface area contributed by atoms with Gasteiger partial charge in [0.15, 0.2) is 0 Å². The summed E-state index contributed by atoms with van der Waals surface area (Å²) in [6, 6.07) is 14.3. The molecular formula is C22H25FN2O2. The van der Waals surface area contributed by atoms with Gasteiger partial charge in [0.2, 0.25) is 5.91 Å². The number of halogens is 1. The van der Waals surface area contributed by atoms with Gasteiger partial charge < -0.3 is 9.64 Å². The van der Waals surface area contributed by atoms with Crippen molar-refractivity contribution >= 4 is 12.0 Å². The van der Waals surface area contributed by atoms with E-state index < -0.39 is 0 Å². The van der Waals surface area contributed by atoms with Crippen LogP contribution in [0.25, 0.3) is 6.08 Å². The van der Waals surface area contributed by atoms with Gasteiger partial charge >= 0.3 is 0 Å². The third-order valence-corrected chi connectivity index (χ3v) is 4.74. The van der Waals surface area contributed by atoms with Crippen molar-refractivity contribution in [2.45, 2.75) is 13.0 Å². The SMILES string of the molecule is COc1ccccc1/C=C/CN1CCC(=O)N(Cc2cccc(F)c2)CC1. The molecule has 0 unspecified atom stereocenters. The van der Waals surface area contributed by atoms with Crippen LogP contribution in [-0.2, 0) is 11.3 Å². The first kappa shape index (κ1) is 19.1. The molecule has 0 spiro atoms. The van der Waals surface area contributed by atoms with Crippen LogP contribution in [0.3, 0.4) is 0 Å². The molecule has 142 valence electrons. The van der Waals surface area contributed by atoms with Gasteiger partial charge in [0.25, 0.3) is 0 Å². The zero-order valence-corrected chi connectivity index (χ0v) is 15.6. The van der Waals surface area contributed by atoms with Crippen molar-refractivity contribution in [2.75, 3.05) is 33.3 Å². The molecule has 1 fully saturated rings. The monoisotopic (exact) mass is 368 g/mol. The summed E-state index contributed by atoms with van der Waals surface area (Å²) in [6.45, 7) is 3.42. The minimum absolute atomic E-state index is 0.121. The van der Waals surface area contributed by atoms with Crippen molar-refractivity contribution in [1.82, 2.24) is 9.80 Å². The highest BCUT2D eigenvalue weighted by atomic mass is 19.1. The number of hydrogen-bond acceptors (Lipinski definition) is 3. The maximum atomic E-state index is 13.4. The van der Waals surface area contributed by atoms with Crippen LogP contribution in [0, 0.1) is 5.82 Å². The number of para-hydroxylation sites is 1. The van der Waals surface area contributed by atoms with Crippen molar-refractivity contribution in [3.8, 4) is 5.75 Å². The molecule has 0 aliphatic carbocycles. The number of nitrogens with zero attached hydrogens (tertiary/aromatic N) is 2. The third-order valence-electron chi connectivity index (χ3n) is 4.74. The Bertz CT molecular complexity index is 806. The number of ether oxygens (including phenoxy) is 1. The minimum Gasteiger partial charge on any atom is -0.496 e. The number of methoxy groups -OCH3 is 1. The number of carbonyl (C=O) groups is 1. The Morgan fingerprint density at radius 3 is 2.78 bits per heavy atom. The molecular weight excluding hydrogens is 343 g/mol. The van der Waals surface area contributed by atoms with E-state index in [9.17, 15) is 9.18 Å². The Labute approximate surface area is 159 Å². The lowest BCUT2D eigenvalue weighted by molar-refractivity contribution is -0.130. The van der Waals surface area contributed by atoms with Gasteiger partial charge in [0.05, 0.1) is 7.11 Å². The summed E-state index contributed by atoms with van der Waals surface area (Å²) < 4.78 is 18.7. The van der Waals surface area contributed by atoms with Gasteiger partial charge in [0, 0.05) is 44.7 Å². The largest absolute Gasteiger partial charge is 0.496 e. The summed E-state index contributed by atoms with van der Waals surface area (Å²) in [5.41, 5.74) is 1.87. The molecule has 2 aromatic carbocycles. The molecule has 0 N–H and O–H groups in total. The van der Waals surface area contributed by atoms with Crippen LogP contribution in [0.2, 0.25) is 0 Å². The number of hydrogen-bond donors (Lipinski definition) is 0. The lowest BCUT2D eigenvalue weighted by Crippen LogP contribution is -2.32. The van der Waals surface area contributed by atoms with Crippen molar-refractivity contribution in [3.05, 3.63) is 71.6 Å². The topological polar surface area (TPSA) is 32.8 Å². The highest BCUT2D eigenvalue weighted by Gasteiger charge is 2.20. The molecule has 27 heavy (non-hydrogen) atoms. The van der Waals surface area contributed by atoms with Gasteiger partial charge in [-0.25, -0.2) is 4.39 Å². The summed E-state index contributed by atoms with van der Waals surface area (Å²) in [6.07, 6.45) is 4.64. The fourth-order valence-electron chi connectivity index (χ4n) is 3.25. The third kappa shape index (κ3) is 5.41. The Hall–Kier alpha value is -2.66. The zero-order valence-electron chi connectivity index (χ0n) is 15.6. The van der Waals surface area contributed by atoms with Gasteiger partial charge in [0.1, 0.15) is 11.6 Å². The number of benzene rings is 2. The Balaban J connectivity index is 1.56. The Morgan fingerprint density at radius 1 is 1.11 bits per heavy atom. The standard InChI is InChI=1S/C22H25FN2O2/c1-27-21-10-3-2-7-19(21)8-5-12-24-13-11-22(26)25(15-14-24)17-18-6-4-9-20(23)16-18/h2-10,16H,11-15,17H2,1H3/b8-5+. The molecule has 1 aliphatic heterocycles. The first-order chi connectivity index (χ1) is 13.2. The van der Waals surface area contributed by atoms with Crippen molar-refractivity contribution in [1.29, 1.82) is 0 Å². The Morgan fingerprint density at radius 2 is 1.96 bits per heavy atom. The molecule has 0 saturated carbocycles. The highest BCUT2D eigenvalue weighted by molar-refractivity contribution is 5.76. The van der Waals surface area contributed by atoms with Crippen LogP contribution in [0.15, 0.2) is 54.6 Å². The smallest absolute Gasteiger partial charge is 0.224 e. The molecule has 1 heterocycles. The van der Waals surface area contributed by atoms with Gasteiger partial charge in [-0.3, -0.25) is 9.69 Å². The van der Waals surface area contributed by atoms with Crippen molar-refractivity contribution in [3.63, 3.8) is 0 Å². The predicted molar refractivity (Wildman–Crippen MR) is 105 cm³/mol. The summed E-state index contributed by atoms with van der Waals surface area (Å²) >= 11 is 0. The zero-order chi connectivity index (χ0) is 19.1. The summed E-state index contributed by atoms with van der Waals surface area (Å²) in [7, 11) is 1.67. The molecule has 4 nitrogen and oxygen atoms in total. The lowest BCUT2D eigenvalue weighted by Gasteiger charge is -2.21. The van der Waals surface area contributed by atoms with Crippen molar-refractivity contribution < 1.29 is 13.9 Å². The van der Waals surface area contributed by atoms with Gasteiger partial charge in [-0.1, -0.05) is 42.5 Å². The van der Waals surface area contributed by atoms with E-state index in [-0.39, 0.29) is 11.7 Å². The summed E-state index contributed by atoms with van der Waals surface area (Å²) in [4.78, 5) is 16.5. The fourth-order valence-corrected chi connectivity index (χ4v) is 3.25. The van der Waals surface area contributed by atoms with Crippen LogP contribution in [0.1, 0.15) is 17.5 Å². The number of rotatable bonds is 6. The van der Waals surface area contributed by atoms with E-state index >= 15 is 0 Å². The van der Waals surface area contributed by atoms with E-state index in [1.54, 1.807) is 13.2 Å².